The van der Waals surface area contributed by atoms with Crippen molar-refractivity contribution in [3.63, 3.8) is 0 Å². The van der Waals surface area contributed by atoms with E-state index in [0.29, 0.717) is 16.0 Å². The highest BCUT2D eigenvalue weighted by molar-refractivity contribution is 7.46. The summed E-state index contributed by atoms with van der Waals surface area (Å²) in [6.07, 6.45) is 0. The fourth-order valence-electron chi connectivity index (χ4n) is 0.972. The van der Waals surface area contributed by atoms with Gasteiger partial charge in [-0.1, -0.05) is 12.1 Å². The van der Waals surface area contributed by atoms with Gasteiger partial charge >= 0.3 is 7.82 Å². The molecule has 0 saturated carbocycles. The van der Waals surface area contributed by atoms with Crippen molar-refractivity contribution in [2.24, 2.45) is 0 Å². The number of hydrogen-bond donors (Lipinski definition) is 2. The van der Waals surface area contributed by atoms with E-state index in [1.54, 1.807) is 24.3 Å². The molecule has 2 aromatic rings. The molecule has 1 aromatic carbocycles. The highest BCUT2D eigenvalue weighted by Crippen LogP contribution is 2.30. The van der Waals surface area contributed by atoms with E-state index >= 15 is 0 Å². The summed E-state index contributed by atoms with van der Waals surface area (Å²) in [7, 11) is -4.60. The number of hydrogen-bond acceptors (Lipinski definition) is 4. The Hall–Kier alpha value is -1.43. The molecule has 14 heavy (non-hydrogen) atoms. The van der Waals surface area contributed by atoms with Gasteiger partial charge < -0.3 is 0 Å². The van der Waals surface area contributed by atoms with Crippen LogP contribution in [0.2, 0.25) is 0 Å². The summed E-state index contributed by atoms with van der Waals surface area (Å²) in [5.74, 6) is 0. The maximum atomic E-state index is 10.4. The normalized spacial score (nSPS) is 11.9. The van der Waals surface area contributed by atoms with E-state index < -0.39 is 7.82 Å². The third-order valence-corrected chi connectivity index (χ3v) is 1.81. The molecule has 0 aliphatic rings. The molecule has 0 amide bonds. The van der Waals surface area contributed by atoms with E-state index in [0.717, 1.165) is 0 Å². The van der Waals surface area contributed by atoms with Gasteiger partial charge in [-0.2, -0.15) is 0 Å². The van der Waals surface area contributed by atoms with Crippen molar-refractivity contribution in [2.45, 2.75) is 0 Å². The molecule has 7 nitrogen and oxygen atoms in total. The van der Waals surface area contributed by atoms with Crippen LogP contribution in [0.1, 0.15) is 0 Å². The minimum atomic E-state index is -4.60. The number of phosphoric acid groups is 1. The quantitative estimate of drug-likeness (QED) is 0.681. The van der Waals surface area contributed by atoms with Crippen LogP contribution in [0.25, 0.3) is 11.0 Å². The fourth-order valence-corrected chi connectivity index (χ4v) is 1.23. The first-order valence-corrected chi connectivity index (χ1v) is 5.15. The second-order valence-corrected chi connectivity index (χ2v) is 3.66. The van der Waals surface area contributed by atoms with Crippen LogP contribution in [0, 0.1) is 0 Å². The molecule has 0 spiro atoms. The SMILES string of the molecule is O=P(O)(O)On1nc2ccccc2n1. The molecule has 0 aliphatic carbocycles. The average molecular weight is 215 g/mol. The number of rotatable bonds is 2. The predicted molar refractivity (Wildman–Crippen MR) is 46.2 cm³/mol. The van der Waals surface area contributed by atoms with Gasteiger partial charge in [-0.3, -0.25) is 14.4 Å². The van der Waals surface area contributed by atoms with Crippen molar-refractivity contribution in [1.82, 2.24) is 15.2 Å². The van der Waals surface area contributed by atoms with Crippen LogP contribution in [0.4, 0.5) is 0 Å². The van der Waals surface area contributed by atoms with Crippen LogP contribution in [0.5, 0.6) is 0 Å². The van der Waals surface area contributed by atoms with Crippen molar-refractivity contribution in [3.05, 3.63) is 24.3 Å². The highest BCUT2D eigenvalue weighted by Gasteiger charge is 2.18. The van der Waals surface area contributed by atoms with Crippen molar-refractivity contribution in [1.29, 1.82) is 0 Å². The Bertz CT molecular complexity index is 472. The summed E-state index contributed by atoms with van der Waals surface area (Å²) in [4.78, 5) is 17.5. The standard InChI is InChI=1S/C6H6N3O4P/c10-14(11,12)13-9-7-5-3-1-2-4-6(5)8-9/h1-4H,(H2,10,11,12). The zero-order chi connectivity index (χ0) is 10.2. The lowest BCUT2D eigenvalue weighted by Crippen LogP contribution is -2.11. The van der Waals surface area contributed by atoms with E-state index in [-0.39, 0.29) is 0 Å². The average Bonchev–Trinajstić information content (AvgIpc) is 2.42. The molecule has 0 bridgehead atoms. The Balaban J connectivity index is 2.41. The molecule has 0 saturated heterocycles. The smallest absolute Gasteiger partial charge is 0.292 e. The largest absolute Gasteiger partial charge is 0.546 e. The summed E-state index contributed by atoms with van der Waals surface area (Å²) in [6, 6.07) is 6.78. The number of nitrogens with zero attached hydrogens (tertiary/aromatic N) is 3. The van der Waals surface area contributed by atoms with Crippen LogP contribution in [-0.4, -0.2) is 24.9 Å². The highest BCUT2D eigenvalue weighted by atomic mass is 31.2. The molecule has 0 atom stereocenters. The topological polar surface area (TPSA) is 97.5 Å². The molecule has 0 aliphatic heterocycles. The van der Waals surface area contributed by atoms with E-state index in [4.69, 9.17) is 9.79 Å². The lowest BCUT2D eigenvalue weighted by atomic mass is 10.3. The van der Waals surface area contributed by atoms with Gasteiger partial charge in [0.2, 0.25) is 0 Å². The van der Waals surface area contributed by atoms with Gasteiger partial charge in [0.25, 0.3) is 0 Å². The molecule has 0 radical (unpaired) electrons. The van der Waals surface area contributed by atoms with Crippen molar-refractivity contribution in [2.75, 3.05) is 0 Å². The lowest BCUT2D eigenvalue weighted by Gasteiger charge is -2.01. The Morgan fingerprint density at radius 3 is 2.14 bits per heavy atom. The van der Waals surface area contributed by atoms with Gasteiger partial charge in [-0.05, 0) is 12.1 Å². The van der Waals surface area contributed by atoms with Crippen LogP contribution in [0.15, 0.2) is 24.3 Å². The monoisotopic (exact) mass is 215 g/mol. The van der Waals surface area contributed by atoms with E-state index in [1.165, 1.54) is 0 Å². The first-order chi connectivity index (χ1) is 6.54. The maximum Gasteiger partial charge on any atom is 0.546 e. The van der Waals surface area contributed by atoms with Gasteiger partial charge in [-0.25, -0.2) is 4.57 Å². The molecule has 8 heteroatoms. The molecular weight excluding hydrogens is 209 g/mol. The summed E-state index contributed by atoms with van der Waals surface area (Å²) >= 11 is 0. The van der Waals surface area contributed by atoms with Crippen molar-refractivity contribution < 1.29 is 19.0 Å². The maximum absolute atomic E-state index is 10.4. The minimum Gasteiger partial charge on any atom is -0.292 e. The second kappa shape index (κ2) is 3.06. The van der Waals surface area contributed by atoms with E-state index in [1.807, 2.05) is 0 Å². The predicted octanol–water partition coefficient (Wildman–Crippen LogP) is -0.0474. The van der Waals surface area contributed by atoms with E-state index in [2.05, 4.69) is 14.8 Å². The summed E-state index contributed by atoms with van der Waals surface area (Å²) in [5, 5.41) is 7.38. The van der Waals surface area contributed by atoms with Gasteiger partial charge in [0.05, 0.1) is 0 Å². The Labute approximate surface area is 78.1 Å². The Morgan fingerprint density at radius 2 is 1.71 bits per heavy atom. The van der Waals surface area contributed by atoms with Gasteiger partial charge in [0, 0.05) is 4.96 Å². The van der Waals surface area contributed by atoms with Gasteiger partial charge in [0.15, 0.2) is 0 Å². The van der Waals surface area contributed by atoms with Crippen LogP contribution < -0.4 is 4.62 Å². The van der Waals surface area contributed by atoms with Gasteiger partial charge in [0.1, 0.15) is 11.0 Å². The number of fused-ring (bicyclic) bond motifs is 1. The molecular formula is C6H6N3O4P. The zero-order valence-corrected chi connectivity index (χ0v) is 7.70. The molecule has 74 valence electrons. The molecule has 1 heterocycles. The summed E-state index contributed by atoms with van der Waals surface area (Å²) in [5.41, 5.74) is 1.00. The zero-order valence-electron chi connectivity index (χ0n) is 6.81. The third kappa shape index (κ3) is 1.90. The van der Waals surface area contributed by atoms with Crippen LogP contribution in [0.3, 0.4) is 0 Å². The van der Waals surface area contributed by atoms with Crippen molar-refractivity contribution in [3.8, 4) is 0 Å². The molecule has 2 N–H and O–H groups in total. The number of benzene rings is 1. The van der Waals surface area contributed by atoms with Crippen molar-refractivity contribution >= 4 is 18.9 Å². The van der Waals surface area contributed by atoms with E-state index in [9.17, 15) is 4.57 Å². The first kappa shape index (κ1) is 9.14. The van der Waals surface area contributed by atoms with Crippen LogP contribution >= 0.6 is 7.82 Å². The lowest BCUT2D eigenvalue weighted by molar-refractivity contribution is 0.130. The third-order valence-electron chi connectivity index (χ3n) is 1.45. The van der Waals surface area contributed by atoms with Gasteiger partial charge in [-0.15, -0.1) is 10.2 Å². The molecule has 0 fully saturated rings. The molecule has 1 aromatic heterocycles. The summed E-state index contributed by atoms with van der Waals surface area (Å²) < 4.78 is 14.6. The fraction of sp³-hybridized carbons (Fsp3) is 0. The second-order valence-electron chi connectivity index (χ2n) is 2.51. The minimum absolute atomic E-state index is 0.501. The Kier molecular flexibility index (Phi) is 1.99. The Morgan fingerprint density at radius 1 is 1.21 bits per heavy atom. The van der Waals surface area contributed by atoms with Crippen LogP contribution in [-0.2, 0) is 4.57 Å². The number of aromatic nitrogens is 3. The summed E-state index contributed by atoms with van der Waals surface area (Å²) in [6.45, 7) is 0. The molecule has 2 rings (SSSR count). The first-order valence-electron chi connectivity index (χ1n) is 3.62. The molecule has 0 unspecified atom stereocenters.